The highest BCUT2D eigenvalue weighted by Crippen LogP contribution is 2.46. The van der Waals surface area contributed by atoms with Gasteiger partial charge in [0, 0.05) is 55.0 Å². The van der Waals surface area contributed by atoms with Crippen molar-refractivity contribution in [3.63, 3.8) is 0 Å². The Hall–Kier alpha value is -8.41. The molecule has 5 nitrogen and oxygen atoms in total. The summed E-state index contributed by atoms with van der Waals surface area (Å²) in [6, 6.07) is 76.9. The summed E-state index contributed by atoms with van der Waals surface area (Å²) < 4.78 is 2.39. The summed E-state index contributed by atoms with van der Waals surface area (Å²) in [6.07, 6.45) is 0. The normalized spacial score (nSPS) is 11.5. The van der Waals surface area contributed by atoms with Gasteiger partial charge in [0.25, 0.3) is 0 Å². The molecule has 9 aromatic carbocycles. The van der Waals surface area contributed by atoms with E-state index in [1.165, 1.54) is 21.7 Å². The quantitative estimate of drug-likeness (QED) is 0.175. The maximum absolute atomic E-state index is 5.33. The number of benzene rings is 9. The summed E-state index contributed by atoms with van der Waals surface area (Å²) >= 11 is 0. The van der Waals surface area contributed by atoms with Crippen LogP contribution in [0.25, 0.3) is 117 Å². The average Bonchev–Trinajstić information content (AvgIpc) is 3.91. The molecule has 3 heterocycles. The molecule has 12 aromatic rings. The number of rotatable bonds is 7. The lowest BCUT2D eigenvalue weighted by molar-refractivity contribution is 1.07. The summed E-state index contributed by atoms with van der Waals surface area (Å²) in [7, 11) is 0. The van der Waals surface area contributed by atoms with Crippen molar-refractivity contribution in [1.29, 1.82) is 0 Å². The molecule has 3 aromatic heterocycles. The molecule has 0 aliphatic rings. The number of H-pyrrole nitrogens is 1. The molecule has 0 saturated carbocycles. The van der Waals surface area contributed by atoms with Crippen LogP contribution >= 0.6 is 0 Å². The van der Waals surface area contributed by atoms with E-state index in [1.807, 2.05) is 36.4 Å². The highest BCUT2D eigenvalue weighted by atomic mass is 15.0. The first kappa shape index (κ1) is 35.5. The van der Waals surface area contributed by atoms with E-state index in [0.29, 0.717) is 17.5 Å². The van der Waals surface area contributed by atoms with Gasteiger partial charge >= 0.3 is 0 Å². The number of aromatic nitrogens is 5. The molecule has 0 saturated heterocycles. The Bertz CT molecular complexity index is 3550. The maximum atomic E-state index is 5.33. The number of para-hydroxylation sites is 2. The van der Waals surface area contributed by atoms with Gasteiger partial charge in [-0.3, -0.25) is 0 Å². The third-order valence-electron chi connectivity index (χ3n) is 12.0. The minimum Gasteiger partial charge on any atom is -0.354 e. The van der Waals surface area contributed by atoms with Gasteiger partial charge in [0.1, 0.15) is 0 Å². The lowest BCUT2D eigenvalue weighted by Gasteiger charge is -2.16. The molecule has 0 unspecified atom stereocenters. The van der Waals surface area contributed by atoms with Crippen LogP contribution in [-0.4, -0.2) is 24.5 Å². The molecule has 5 heteroatoms. The number of nitrogens with one attached hydrogen (secondary N) is 1. The van der Waals surface area contributed by atoms with Crippen molar-refractivity contribution in [2.24, 2.45) is 0 Å². The van der Waals surface area contributed by atoms with Crippen molar-refractivity contribution in [3.05, 3.63) is 218 Å². The van der Waals surface area contributed by atoms with Crippen LogP contribution in [-0.2, 0) is 0 Å². The molecule has 290 valence electrons. The van der Waals surface area contributed by atoms with Gasteiger partial charge < -0.3 is 9.55 Å². The Kier molecular flexibility index (Phi) is 8.42. The van der Waals surface area contributed by atoms with Gasteiger partial charge in [-0.05, 0) is 75.8 Å². The van der Waals surface area contributed by atoms with E-state index >= 15 is 0 Å². The smallest absolute Gasteiger partial charge is 0.164 e. The fraction of sp³-hybridized carbons (Fsp3) is 0. The van der Waals surface area contributed by atoms with Crippen molar-refractivity contribution in [3.8, 4) is 73.2 Å². The zero-order valence-electron chi connectivity index (χ0n) is 33.6. The molecule has 0 atom stereocenters. The molecule has 0 amide bonds. The zero-order chi connectivity index (χ0) is 41.0. The Morgan fingerprint density at radius 3 is 1.55 bits per heavy atom. The van der Waals surface area contributed by atoms with E-state index in [-0.39, 0.29) is 0 Å². The lowest BCUT2D eigenvalue weighted by Crippen LogP contribution is -2.01. The van der Waals surface area contributed by atoms with Gasteiger partial charge in [-0.25, -0.2) is 15.0 Å². The van der Waals surface area contributed by atoms with E-state index < -0.39 is 0 Å². The highest BCUT2D eigenvalue weighted by Gasteiger charge is 2.23. The van der Waals surface area contributed by atoms with Crippen LogP contribution in [0.2, 0.25) is 0 Å². The van der Waals surface area contributed by atoms with E-state index in [9.17, 15) is 0 Å². The predicted molar refractivity (Wildman–Crippen MR) is 256 cm³/mol. The first-order valence-corrected chi connectivity index (χ1v) is 21.0. The summed E-state index contributed by atoms with van der Waals surface area (Å²) in [5.41, 5.74) is 15.0. The number of aromatic amines is 1. The average molecular weight is 792 g/mol. The van der Waals surface area contributed by atoms with Crippen molar-refractivity contribution in [2.75, 3.05) is 0 Å². The lowest BCUT2D eigenvalue weighted by atomic mass is 9.89. The van der Waals surface area contributed by atoms with E-state index in [4.69, 9.17) is 15.0 Å². The number of hydrogen-bond donors (Lipinski definition) is 1. The van der Waals surface area contributed by atoms with Crippen LogP contribution in [0.5, 0.6) is 0 Å². The third kappa shape index (κ3) is 5.90. The Balaban J connectivity index is 1.18. The van der Waals surface area contributed by atoms with Crippen LogP contribution in [0, 0.1) is 0 Å². The molecule has 0 fully saturated rings. The predicted octanol–water partition coefficient (Wildman–Crippen LogP) is 14.6. The van der Waals surface area contributed by atoms with Gasteiger partial charge in [-0.2, -0.15) is 0 Å². The van der Waals surface area contributed by atoms with Gasteiger partial charge in [-0.15, -0.1) is 0 Å². The van der Waals surface area contributed by atoms with Gasteiger partial charge in [0.15, 0.2) is 17.5 Å². The van der Waals surface area contributed by atoms with E-state index in [2.05, 4.69) is 192 Å². The van der Waals surface area contributed by atoms with E-state index in [0.717, 1.165) is 77.7 Å². The van der Waals surface area contributed by atoms with Crippen LogP contribution in [0.15, 0.2) is 218 Å². The van der Waals surface area contributed by atoms with Gasteiger partial charge in [-0.1, -0.05) is 176 Å². The number of nitrogens with zero attached hydrogens (tertiary/aromatic N) is 4. The number of fused-ring (bicyclic) bond motifs is 7. The first-order chi connectivity index (χ1) is 30.8. The largest absolute Gasteiger partial charge is 0.354 e. The third-order valence-corrected chi connectivity index (χ3v) is 12.0. The first-order valence-electron chi connectivity index (χ1n) is 21.0. The molecular weight excluding hydrogens is 755 g/mol. The van der Waals surface area contributed by atoms with E-state index in [1.54, 1.807) is 0 Å². The maximum Gasteiger partial charge on any atom is 0.164 e. The Labute approximate surface area is 358 Å². The Morgan fingerprint density at radius 2 is 0.855 bits per heavy atom. The minimum absolute atomic E-state index is 0.606. The fourth-order valence-corrected chi connectivity index (χ4v) is 9.24. The summed E-state index contributed by atoms with van der Waals surface area (Å²) in [5.74, 6) is 1.85. The second kappa shape index (κ2) is 14.7. The molecule has 0 aliphatic carbocycles. The molecule has 1 N–H and O–H groups in total. The second-order valence-corrected chi connectivity index (χ2v) is 15.6. The molecule has 0 aliphatic heterocycles. The molecule has 0 spiro atoms. The van der Waals surface area contributed by atoms with Crippen LogP contribution < -0.4 is 0 Å². The van der Waals surface area contributed by atoms with Crippen molar-refractivity contribution in [1.82, 2.24) is 24.5 Å². The second-order valence-electron chi connectivity index (χ2n) is 15.6. The fourth-order valence-electron chi connectivity index (χ4n) is 9.24. The SMILES string of the molecule is c1ccc(-c2nc(-c3ccccc3)nc(-c3cc(-c4ccccc4-c4ccccc4)ccc3-c3cccc4[nH]c5ccc6c(c7ccccc7n6-c6ccccc6)c5c34)n2)cc1. The molecule has 0 radical (unpaired) electrons. The topological polar surface area (TPSA) is 59.4 Å². The van der Waals surface area contributed by atoms with Crippen LogP contribution in [0.4, 0.5) is 0 Å². The summed E-state index contributed by atoms with van der Waals surface area (Å²) in [5, 5.41) is 4.77. The van der Waals surface area contributed by atoms with Crippen molar-refractivity contribution in [2.45, 2.75) is 0 Å². The van der Waals surface area contributed by atoms with Crippen molar-refractivity contribution < 1.29 is 0 Å². The van der Waals surface area contributed by atoms with Crippen LogP contribution in [0.3, 0.4) is 0 Å². The van der Waals surface area contributed by atoms with Crippen molar-refractivity contribution >= 4 is 43.6 Å². The monoisotopic (exact) mass is 791 g/mol. The van der Waals surface area contributed by atoms with Gasteiger partial charge in [0.2, 0.25) is 0 Å². The zero-order valence-corrected chi connectivity index (χ0v) is 33.6. The summed E-state index contributed by atoms with van der Waals surface area (Å²) in [4.78, 5) is 19.6. The highest BCUT2D eigenvalue weighted by molar-refractivity contribution is 6.30. The number of hydrogen-bond acceptors (Lipinski definition) is 3. The van der Waals surface area contributed by atoms with Gasteiger partial charge in [0.05, 0.1) is 11.0 Å². The van der Waals surface area contributed by atoms with Crippen LogP contribution in [0.1, 0.15) is 0 Å². The summed E-state index contributed by atoms with van der Waals surface area (Å²) in [6.45, 7) is 0. The minimum atomic E-state index is 0.606. The molecule has 0 bridgehead atoms. The Morgan fingerprint density at radius 1 is 0.306 bits per heavy atom. The standard InChI is InChI=1S/C57H37N5/c1-5-18-37(19-6-1)42-26-13-14-27-43(42)40-32-33-44(47(36-40)57-60-55(38-20-7-2-8-21-38)59-56(61-57)39-22-9-3-10-23-39)45-29-17-30-48-52(45)54-49(58-48)34-35-51-53(54)46-28-15-16-31-50(46)62(51)41-24-11-4-12-25-41/h1-36,58H. The molecule has 62 heavy (non-hydrogen) atoms. The molecule has 12 rings (SSSR count). The molecular formula is C57H37N5.